The van der Waals surface area contributed by atoms with Crippen LogP contribution in [0, 0.1) is 0 Å². The number of halogens is 2. The Bertz CT molecular complexity index is 451. The molecule has 0 spiro atoms. The first-order chi connectivity index (χ1) is 8.50. The molecule has 0 radical (unpaired) electrons. The van der Waals surface area contributed by atoms with Crippen LogP contribution in [0.5, 0.6) is 0 Å². The average molecular weight is 375 g/mol. The van der Waals surface area contributed by atoms with Crippen molar-refractivity contribution in [2.45, 2.75) is 45.2 Å². The second-order valence-corrected chi connectivity index (χ2v) is 6.74. The van der Waals surface area contributed by atoms with E-state index in [1.54, 1.807) is 0 Å². The molecular formula is C14H17Br2NO. The quantitative estimate of drug-likeness (QED) is 0.702. The molecule has 0 unspecified atom stereocenters. The van der Waals surface area contributed by atoms with Gasteiger partial charge in [-0.1, -0.05) is 15.9 Å². The normalized spacial score (nSPS) is 24.1. The lowest BCUT2D eigenvalue weighted by molar-refractivity contribution is 0.0510. The monoisotopic (exact) mass is 373 g/mol. The number of carbonyl (C=O) groups excluding carboxylic acids is 1. The summed E-state index contributed by atoms with van der Waals surface area (Å²) in [5.41, 5.74) is 0.749. The first kappa shape index (κ1) is 14.1. The number of amides is 1. The van der Waals surface area contributed by atoms with Crippen molar-refractivity contribution in [3.63, 3.8) is 0 Å². The van der Waals surface area contributed by atoms with Crippen LogP contribution >= 0.6 is 31.9 Å². The van der Waals surface area contributed by atoms with Gasteiger partial charge in [0.1, 0.15) is 0 Å². The lowest BCUT2D eigenvalue weighted by atomic mass is 9.96. The van der Waals surface area contributed by atoms with Crippen molar-refractivity contribution in [2.24, 2.45) is 0 Å². The minimum atomic E-state index is 0.133. The Morgan fingerprint density at radius 2 is 1.83 bits per heavy atom. The number of nitrogens with zero attached hydrogens (tertiary/aromatic N) is 1. The number of piperidine rings is 1. The second kappa shape index (κ2) is 5.74. The highest BCUT2D eigenvalue weighted by atomic mass is 79.9. The van der Waals surface area contributed by atoms with E-state index in [1.165, 1.54) is 6.42 Å². The predicted molar refractivity (Wildman–Crippen MR) is 80.8 cm³/mol. The van der Waals surface area contributed by atoms with Crippen LogP contribution in [0.4, 0.5) is 0 Å². The highest BCUT2D eigenvalue weighted by Crippen LogP contribution is 2.28. The fourth-order valence-electron chi connectivity index (χ4n) is 2.62. The third kappa shape index (κ3) is 2.80. The smallest absolute Gasteiger partial charge is 0.255 e. The number of likely N-dealkylation sites (tertiary alicyclic amines) is 1. The van der Waals surface area contributed by atoms with Crippen molar-refractivity contribution < 1.29 is 4.79 Å². The third-order valence-corrected chi connectivity index (χ3v) is 4.74. The van der Waals surface area contributed by atoms with Gasteiger partial charge in [-0.05, 0) is 67.2 Å². The zero-order chi connectivity index (χ0) is 13.3. The molecule has 1 saturated heterocycles. The van der Waals surface area contributed by atoms with E-state index in [2.05, 4.69) is 45.7 Å². The molecule has 0 aromatic heterocycles. The molecule has 1 amide bonds. The molecule has 1 aromatic carbocycles. The Kier molecular flexibility index (Phi) is 4.49. The molecule has 4 heteroatoms. The van der Waals surface area contributed by atoms with Gasteiger partial charge in [0.15, 0.2) is 0 Å². The number of rotatable bonds is 1. The van der Waals surface area contributed by atoms with Gasteiger partial charge < -0.3 is 4.90 Å². The van der Waals surface area contributed by atoms with Gasteiger partial charge in [-0.25, -0.2) is 0 Å². The maximum atomic E-state index is 12.6. The molecule has 2 nitrogen and oxygen atoms in total. The molecule has 2 rings (SSSR count). The van der Waals surface area contributed by atoms with Gasteiger partial charge in [0, 0.05) is 21.0 Å². The summed E-state index contributed by atoms with van der Waals surface area (Å²) in [5, 5.41) is 0. The number of carbonyl (C=O) groups is 1. The molecule has 1 aromatic rings. The fourth-order valence-corrected chi connectivity index (χ4v) is 3.84. The van der Waals surface area contributed by atoms with Crippen molar-refractivity contribution in [3.8, 4) is 0 Å². The van der Waals surface area contributed by atoms with Crippen LogP contribution in [0.25, 0.3) is 0 Å². The summed E-state index contributed by atoms with van der Waals surface area (Å²) in [6, 6.07) is 6.38. The van der Waals surface area contributed by atoms with Crippen molar-refractivity contribution in [3.05, 3.63) is 32.7 Å². The summed E-state index contributed by atoms with van der Waals surface area (Å²) >= 11 is 6.89. The van der Waals surface area contributed by atoms with E-state index >= 15 is 0 Å². The topological polar surface area (TPSA) is 20.3 Å². The van der Waals surface area contributed by atoms with Gasteiger partial charge in [0.2, 0.25) is 0 Å². The van der Waals surface area contributed by atoms with Crippen LogP contribution in [0.2, 0.25) is 0 Å². The van der Waals surface area contributed by atoms with E-state index in [0.717, 1.165) is 27.4 Å². The lowest BCUT2D eigenvalue weighted by Crippen LogP contribution is -2.47. The van der Waals surface area contributed by atoms with Crippen LogP contribution in [0.1, 0.15) is 43.5 Å². The van der Waals surface area contributed by atoms with E-state index in [0.29, 0.717) is 12.1 Å². The molecule has 0 saturated carbocycles. The number of hydrogen-bond acceptors (Lipinski definition) is 1. The van der Waals surface area contributed by atoms with Crippen molar-refractivity contribution in [1.29, 1.82) is 0 Å². The Hall–Kier alpha value is -0.350. The molecule has 18 heavy (non-hydrogen) atoms. The molecule has 0 bridgehead atoms. The summed E-state index contributed by atoms with van der Waals surface area (Å²) in [5.74, 6) is 0.133. The summed E-state index contributed by atoms with van der Waals surface area (Å²) in [7, 11) is 0. The molecule has 0 aliphatic carbocycles. The Balaban J connectivity index is 2.29. The number of benzene rings is 1. The van der Waals surface area contributed by atoms with E-state index < -0.39 is 0 Å². The average Bonchev–Trinajstić information content (AvgIpc) is 2.28. The van der Waals surface area contributed by atoms with E-state index in [1.807, 2.05) is 23.1 Å². The SMILES string of the molecule is C[C@@H]1CCC[C@H](C)N1C(=O)c1ccc(Br)cc1Br. The Labute approximate surface area is 125 Å². The lowest BCUT2D eigenvalue weighted by Gasteiger charge is -2.39. The van der Waals surface area contributed by atoms with Crippen molar-refractivity contribution >= 4 is 37.8 Å². The predicted octanol–water partition coefficient (Wildman–Crippen LogP) is 4.61. The summed E-state index contributed by atoms with van der Waals surface area (Å²) < 4.78 is 1.83. The highest BCUT2D eigenvalue weighted by Gasteiger charge is 2.30. The van der Waals surface area contributed by atoms with Crippen LogP contribution in [0.15, 0.2) is 27.1 Å². The zero-order valence-corrected chi connectivity index (χ0v) is 13.8. The van der Waals surface area contributed by atoms with Gasteiger partial charge >= 0.3 is 0 Å². The molecule has 1 heterocycles. The first-order valence-corrected chi connectivity index (χ1v) is 7.87. The maximum absolute atomic E-state index is 12.6. The molecule has 1 aliphatic heterocycles. The van der Waals surface area contributed by atoms with E-state index in [9.17, 15) is 4.79 Å². The first-order valence-electron chi connectivity index (χ1n) is 6.28. The molecule has 2 atom stereocenters. The van der Waals surface area contributed by atoms with Gasteiger partial charge in [-0.15, -0.1) is 0 Å². The number of hydrogen-bond donors (Lipinski definition) is 0. The standard InChI is InChI=1S/C14H17Br2NO/c1-9-4-3-5-10(2)17(9)14(18)12-7-6-11(15)8-13(12)16/h6-10H,3-5H2,1-2H3/t9-,10+. The van der Waals surface area contributed by atoms with Crippen LogP contribution in [-0.2, 0) is 0 Å². The summed E-state index contributed by atoms with van der Waals surface area (Å²) in [6.45, 7) is 4.28. The minimum Gasteiger partial charge on any atom is -0.333 e. The van der Waals surface area contributed by atoms with Crippen LogP contribution < -0.4 is 0 Å². The Morgan fingerprint density at radius 3 is 2.39 bits per heavy atom. The molecule has 0 N–H and O–H groups in total. The highest BCUT2D eigenvalue weighted by molar-refractivity contribution is 9.11. The fraction of sp³-hybridized carbons (Fsp3) is 0.500. The van der Waals surface area contributed by atoms with Crippen molar-refractivity contribution in [1.82, 2.24) is 4.90 Å². The van der Waals surface area contributed by atoms with Gasteiger partial charge in [0.25, 0.3) is 5.91 Å². The van der Waals surface area contributed by atoms with E-state index in [-0.39, 0.29) is 5.91 Å². The largest absolute Gasteiger partial charge is 0.333 e. The third-order valence-electron chi connectivity index (χ3n) is 3.59. The van der Waals surface area contributed by atoms with Gasteiger partial charge in [0.05, 0.1) is 5.56 Å². The van der Waals surface area contributed by atoms with Gasteiger partial charge in [-0.3, -0.25) is 4.79 Å². The second-order valence-electron chi connectivity index (χ2n) is 4.97. The zero-order valence-electron chi connectivity index (χ0n) is 10.6. The molecule has 1 fully saturated rings. The van der Waals surface area contributed by atoms with Crippen LogP contribution in [-0.4, -0.2) is 22.9 Å². The van der Waals surface area contributed by atoms with Gasteiger partial charge in [-0.2, -0.15) is 0 Å². The maximum Gasteiger partial charge on any atom is 0.255 e. The summed E-state index contributed by atoms with van der Waals surface area (Å²) in [4.78, 5) is 14.7. The van der Waals surface area contributed by atoms with Crippen LogP contribution in [0.3, 0.4) is 0 Å². The molecule has 98 valence electrons. The van der Waals surface area contributed by atoms with Crippen molar-refractivity contribution in [2.75, 3.05) is 0 Å². The molecular weight excluding hydrogens is 358 g/mol. The summed E-state index contributed by atoms with van der Waals surface area (Å²) in [6.07, 6.45) is 3.42. The Morgan fingerprint density at radius 1 is 1.22 bits per heavy atom. The van der Waals surface area contributed by atoms with E-state index in [4.69, 9.17) is 0 Å². The minimum absolute atomic E-state index is 0.133. The molecule has 1 aliphatic rings.